The molecule has 2 heterocycles. The van der Waals surface area contributed by atoms with E-state index in [0.29, 0.717) is 32.2 Å². The minimum absolute atomic E-state index is 0.109. The quantitative estimate of drug-likeness (QED) is 0.459. The number of anilines is 1. The predicted octanol–water partition coefficient (Wildman–Crippen LogP) is 3.07. The number of carbonyl (C=O) groups excluding carboxylic acids is 1. The Morgan fingerprint density at radius 2 is 1.91 bits per heavy atom. The second-order valence-electron chi connectivity index (χ2n) is 8.80. The average molecular weight is 483 g/mol. The zero-order valence-corrected chi connectivity index (χ0v) is 19.8. The van der Waals surface area contributed by atoms with Crippen LogP contribution in [0.15, 0.2) is 59.2 Å². The molecule has 0 unspecified atom stereocenters. The smallest absolute Gasteiger partial charge is 0.277 e. The highest BCUT2D eigenvalue weighted by Crippen LogP contribution is 2.17. The van der Waals surface area contributed by atoms with Gasteiger partial charge in [0.25, 0.3) is 5.91 Å². The SMILES string of the molecule is Cc1ccc(F)c(NC(=O)c2coc(CN3CCN(C[C@H](O)COCc4ccccc4)CC3)n2)c1. The largest absolute Gasteiger partial charge is 0.447 e. The summed E-state index contributed by atoms with van der Waals surface area (Å²) in [4.78, 5) is 21.1. The molecule has 0 saturated carbocycles. The third-order valence-electron chi connectivity index (χ3n) is 5.87. The standard InChI is InChI=1S/C26H31FN4O4/c1-19-7-8-22(27)23(13-19)29-26(33)24-18-35-25(28-24)15-31-11-9-30(10-12-31)14-21(32)17-34-16-20-5-3-2-4-6-20/h2-8,13,18,21,32H,9-12,14-17H2,1H3,(H,29,33)/t21-/m0/s1. The second kappa shape index (κ2) is 12.0. The number of rotatable bonds is 10. The highest BCUT2D eigenvalue weighted by molar-refractivity contribution is 6.02. The van der Waals surface area contributed by atoms with Gasteiger partial charge in [0.15, 0.2) is 5.69 Å². The summed E-state index contributed by atoms with van der Waals surface area (Å²) in [5.74, 6) is -0.584. The summed E-state index contributed by atoms with van der Waals surface area (Å²) in [5, 5.41) is 12.8. The van der Waals surface area contributed by atoms with E-state index >= 15 is 0 Å². The molecule has 1 fully saturated rings. The molecule has 9 heteroatoms. The van der Waals surface area contributed by atoms with Crippen molar-refractivity contribution in [2.75, 3.05) is 44.6 Å². The van der Waals surface area contributed by atoms with Gasteiger partial charge in [0.2, 0.25) is 5.89 Å². The lowest BCUT2D eigenvalue weighted by Crippen LogP contribution is -2.48. The number of hydrogen-bond donors (Lipinski definition) is 2. The van der Waals surface area contributed by atoms with Crippen molar-refractivity contribution in [3.8, 4) is 0 Å². The molecule has 0 aliphatic carbocycles. The van der Waals surface area contributed by atoms with Crippen LogP contribution in [0.25, 0.3) is 0 Å². The number of β-amino-alcohol motifs (C(OH)–C–C–N with tert-alkyl or cyclic N) is 1. The molecule has 2 aromatic carbocycles. The molecule has 186 valence electrons. The number of piperazine rings is 1. The first kappa shape index (κ1) is 25.0. The molecule has 3 aromatic rings. The van der Waals surface area contributed by atoms with Crippen LogP contribution < -0.4 is 5.32 Å². The number of carbonyl (C=O) groups is 1. The lowest BCUT2D eigenvalue weighted by Gasteiger charge is -2.34. The number of nitrogens with zero attached hydrogens (tertiary/aromatic N) is 3. The number of aryl methyl sites for hydroxylation is 1. The van der Waals surface area contributed by atoms with Gasteiger partial charge in [0, 0.05) is 32.7 Å². The van der Waals surface area contributed by atoms with E-state index in [0.717, 1.165) is 37.3 Å². The van der Waals surface area contributed by atoms with Crippen molar-refractivity contribution in [1.82, 2.24) is 14.8 Å². The van der Waals surface area contributed by atoms with Crippen molar-refractivity contribution in [3.05, 3.63) is 83.3 Å². The number of amides is 1. The number of nitrogens with one attached hydrogen (secondary N) is 1. The molecule has 1 aromatic heterocycles. The van der Waals surface area contributed by atoms with Gasteiger partial charge in [-0.15, -0.1) is 0 Å². The Kier molecular flexibility index (Phi) is 8.59. The maximum Gasteiger partial charge on any atom is 0.277 e. The minimum atomic E-state index is -0.545. The molecule has 8 nitrogen and oxygen atoms in total. The van der Waals surface area contributed by atoms with Gasteiger partial charge in [-0.1, -0.05) is 36.4 Å². The Balaban J connectivity index is 1.17. The number of ether oxygens (including phenoxy) is 1. The van der Waals surface area contributed by atoms with Crippen LogP contribution in [0.4, 0.5) is 10.1 Å². The third-order valence-corrected chi connectivity index (χ3v) is 5.87. The van der Waals surface area contributed by atoms with Crippen molar-refractivity contribution in [3.63, 3.8) is 0 Å². The normalized spacial score (nSPS) is 15.7. The number of aliphatic hydroxyl groups is 1. The van der Waals surface area contributed by atoms with Crippen LogP contribution in [-0.2, 0) is 17.9 Å². The van der Waals surface area contributed by atoms with Crippen LogP contribution >= 0.6 is 0 Å². The van der Waals surface area contributed by atoms with Crippen LogP contribution in [0.5, 0.6) is 0 Å². The first-order valence-corrected chi connectivity index (χ1v) is 11.7. The van der Waals surface area contributed by atoms with Gasteiger partial charge in [-0.05, 0) is 30.2 Å². The predicted molar refractivity (Wildman–Crippen MR) is 129 cm³/mol. The van der Waals surface area contributed by atoms with Gasteiger partial charge < -0.3 is 19.6 Å². The summed E-state index contributed by atoms with van der Waals surface area (Å²) >= 11 is 0. The van der Waals surface area contributed by atoms with Gasteiger partial charge in [0.1, 0.15) is 12.1 Å². The molecular weight excluding hydrogens is 451 g/mol. The molecule has 1 amide bonds. The molecule has 1 saturated heterocycles. The Hall–Kier alpha value is -3.11. The first-order valence-electron chi connectivity index (χ1n) is 11.7. The average Bonchev–Trinajstić information content (AvgIpc) is 3.32. The number of aromatic nitrogens is 1. The molecule has 0 bridgehead atoms. The highest BCUT2D eigenvalue weighted by atomic mass is 19.1. The van der Waals surface area contributed by atoms with Crippen LogP contribution in [0.3, 0.4) is 0 Å². The number of benzene rings is 2. The van der Waals surface area contributed by atoms with Crippen LogP contribution in [0, 0.1) is 12.7 Å². The fourth-order valence-electron chi connectivity index (χ4n) is 3.97. The zero-order valence-electron chi connectivity index (χ0n) is 19.8. The molecule has 35 heavy (non-hydrogen) atoms. The van der Waals surface area contributed by atoms with Gasteiger partial charge in [-0.25, -0.2) is 9.37 Å². The first-order chi connectivity index (χ1) is 17.0. The molecule has 4 rings (SSSR count). The van der Waals surface area contributed by atoms with Crippen LogP contribution in [-0.4, -0.2) is 71.2 Å². The fraction of sp³-hybridized carbons (Fsp3) is 0.385. The third kappa shape index (κ3) is 7.43. The topological polar surface area (TPSA) is 91.1 Å². The van der Waals surface area contributed by atoms with Gasteiger partial charge >= 0.3 is 0 Å². The molecule has 1 atom stereocenters. The van der Waals surface area contributed by atoms with Crippen molar-refractivity contribution in [2.45, 2.75) is 26.2 Å². The highest BCUT2D eigenvalue weighted by Gasteiger charge is 2.22. The number of halogens is 1. The van der Waals surface area contributed by atoms with E-state index in [9.17, 15) is 14.3 Å². The van der Waals surface area contributed by atoms with Crippen molar-refractivity contribution in [1.29, 1.82) is 0 Å². The molecule has 0 radical (unpaired) electrons. The Morgan fingerprint density at radius 1 is 1.17 bits per heavy atom. The van der Waals surface area contributed by atoms with Gasteiger partial charge in [0.05, 0.1) is 31.5 Å². The van der Waals surface area contributed by atoms with Crippen molar-refractivity contribution >= 4 is 11.6 Å². The zero-order chi connectivity index (χ0) is 24.6. The molecule has 2 N–H and O–H groups in total. The number of aliphatic hydroxyl groups excluding tert-OH is 1. The van der Waals surface area contributed by atoms with E-state index in [4.69, 9.17) is 9.15 Å². The van der Waals surface area contributed by atoms with E-state index < -0.39 is 17.8 Å². The number of hydrogen-bond acceptors (Lipinski definition) is 7. The maximum absolute atomic E-state index is 13.9. The summed E-state index contributed by atoms with van der Waals surface area (Å²) < 4.78 is 25.0. The van der Waals surface area contributed by atoms with Crippen molar-refractivity contribution in [2.24, 2.45) is 0 Å². The molecule has 1 aliphatic heterocycles. The Bertz CT molecular complexity index is 1100. The lowest BCUT2D eigenvalue weighted by atomic mass is 10.2. The lowest BCUT2D eigenvalue weighted by molar-refractivity contribution is 0.000371. The fourth-order valence-corrected chi connectivity index (χ4v) is 3.97. The van der Waals surface area contributed by atoms with Crippen LogP contribution in [0.1, 0.15) is 27.5 Å². The number of oxazole rings is 1. The van der Waals surface area contributed by atoms with E-state index in [1.165, 1.54) is 12.3 Å². The Labute approximate surface area is 204 Å². The minimum Gasteiger partial charge on any atom is -0.447 e. The summed E-state index contributed by atoms with van der Waals surface area (Å²) in [6.45, 7) is 6.82. The summed E-state index contributed by atoms with van der Waals surface area (Å²) in [5.41, 5.74) is 2.15. The van der Waals surface area contributed by atoms with E-state index in [1.807, 2.05) is 37.3 Å². The second-order valence-corrected chi connectivity index (χ2v) is 8.80. The van der Waals surface area contributed by atoms with E-state index in [2.05, 4.69) is 20.1 Å². The molecule has 1 aliphatic rings. The van der Waals surface area contributed by atoms with Gasteiger partial charge in [-0.3, -0.25) is 14.6 Å². The summed E-state index contributed by atoms with van der Waals surface area (Å²) in [6, 6.07) is 14.4. The molecule has 0 spiro atoms. The van der Waals surface area contributed by atoms with E-state index in [1.54, 1.807) is 12.1 Å². The van der Waals surface area contributed by atoms with Gasteiger partial charge in [-0.2, -0.15) is 0 Å². The summed E-state index contributed by atoms with van der Waals surface area (Å²) in [7, 11) is 0. The molecular formula is C26H31FN4O4. The Morgan fingerprint density at radius 3 is 2.69 bits per heavy atom. The van der Waals surface area contributed by atoms with Crippen molar-refractivity contribution < 1.29 is 23.4 Å². The van der Waals surface area contributed by atoms with E-state index in [-0.39, 0.29) is 11.4 Å². The van der Waals surface area contributed by atoms with Crippen LogP contribution in [0.2, 0.25) is 0 Å². The monoisotopic (exact) mass is 482 g/mol. The maximum atomic E-state index is 13.9. The summed E-state index contributed by atoms with van der Waals surface area (Å²) in [6.07, 6.45) is 0.747.